The standard InChI is InChI=1S/C23H26BrN3O2S2/c1-13(2)27-20(28)23(26-21(27)30)17-10-14(19-25-18(24)12-31-19)4-5-15(17)11-22(23)8-6-16(29-3)7-9-22/h4-5,10,12-13,16H,6-9,11H2,1-3H3,(H,26,30). The number of methoxy groups -OCH3 is 1. The molecule has 1 amide bonds. The normalized spacial score (nSPS) is 30.0. The van der Waals surface area contributed by atoms with E-state index in [1.807, 2.05) is 19.2 Å². The van der Waals surface area contributed by atoms with Gasteiger partial charge in [0.25, 0.3) is 5.91 Å². The van der Waals surface area contributed by atoms with Crippen LogP contribution in [0.4, 0.5) is 0 Å². The van der Waals surface area contributed by atoms with Crippen molar-refractivity contribution in [3.8, 4) is 10.6 Å². The van der Waals surface area contributed by atoms with Gasteiger partial charge in [-0.1, -0.05) is 12.1 Å². The number of thiocarbonyl (C=S) groups is 1. The summed E-state index contributed by atoms with van der Waals surface area (Å²) in [6.45, 7) is 4.05. The smallest absolute Gasteiger partial charge is 0.259 e. The Morgan fingerprint density at radius 1 is 1.35 bits per heavy atom. The first-order valence-corrected chi connectivity index (χ1v) is 12.8. The summed E-state index contributed by atoms with van der Waals surface area (Å²) in [6.07, 6.45) is 4.94. The molecule has 1 atom stereocenters. The van der Waals surface area contributed by atoms with Crippen molar-refractivity contribution in [2.75, 3.05) is 7.11 Å². The second kappa shape index (κ2) is 7.61. The molecule has 1 saturated carbocycles. The molecule has 1 aromatic heterocycles. The number of benzene rings is 1. The van der Waals surface area contributed by atoms with Crippen molar-refractivity contribution in [2.45, 2.75) is 63.6 Å². The Bertz CT molecular complexity index is 1060. The molecule has 0 bridgehead atoms. The van der Waals surface area contributed by atoms with Gasteiger partial charge >= 0.3 is 0 Å². The lowest BCUT2D eigenvalue weighted by molar-refractivity contribution is -0.139. The van der Waals surface area contributed by atoms with E-state index < -0.39 is 5.54 Å². The lowest BCUT2D eigenvalue weighted by atomic mass is 9.61. The molecule has 2 fully saturated rings. The summed E-state index contributed by atoms with van der Waals surface area (Å²) in [5.74, 6) is 0.0968. The number of hydrogen-bond acceptors (Lipinski definition) is 5. The van der Waals surface area contributed by atoms with E-state index in [4.69, 9.17) is 17.0 Å². The van der Waals surface area contributed by atoms with Gasteiger partial charge in [-0.15, -0.1) is 11.3 Å². The monoisotopic (exact) mass is 519 g/mol. The molecule has 2 spiro atoms. The number of nitrogens with zero attached hydrogens (tertiary/aromatic N) is 2. The van der Waals surface area contributed by atoms with Crippen molar-refractivity contribution < 1.29 is 9.53 Å². The number of nitrogens with one attached hydrogen (secondary N) is 1. The molecule has 8 heteroatoms. The second-order valence-electron chi connectivity index (χ2n) is 9.19. The van der Waals surface area contributed by atoms with E-state index in [1.165, 1.54) is 5.56 Å². The zero-order valence-electron chi connectivity index (χ0n) is 17.9. The van der Waals surface area contributed by atoms with E-state index in [9.17, 15) is 4.79 Å². The lowest BCUT2D eigenvalue weighted by Gasteiger charge is -2.46. The van der Waals surface area contributed by atoms with Gasteiger partial charge in [0.1, 0.15) is 9.61 Å². The Kier molecular flexibility index (Phi) is 5.28. The van der Waals surface area contributed by atoms with Crippen molar-refractivity contribution in [3.63, 3.8) is 0 Å². The topological polar surface area (TPSA) is 54.5 Å². The van der Waals surface area contributed by atoms with Gasteiger partial charge in [0, 0.05) is 29.5 Å². The SMILES string of the molecule is COC1CCC2(CC1)Cc1ccc(-c3nc(Br)cs3)cc1C21NC(=S)N(C(C)C)C1=O. The van der Waals surface area contributed by atoms with E-state index in [2.05, 4.69) is 44.4 Å². The second-order valence-corrected chi connectivity index (χ2v) is 11.2. The minimum absolute atomic E-state index is 0.0152. The highest BCUT2D eigenvalue weighted by Crippen LogP contribution is 2.60. The Labute approximate surface area is 200 Å². The van der Waals surface area contributed by atoms with Crippen LogP contribution in [0.3, 0.4) is 0 Å². The number of carbonyl (C=O) groups excluding carboxylic acids is 1. The zero-order valence-corrected chi connectivity index (χ0v) is 21.1. The van der Waals surface area contributed by atoms with Crippen LogP contribution in [-0.4, -0.2) is 40.2 Å². The summed E-state index contributed by atoms with van der Waals surface area (Å²) in [5, 5.41) is 7.06. The first-order valence-electron chi connectivity index (χ1n) is 10.7. The maximum absolute atomic E-state index is 14.1. The highest BCUT2D eigenvalue weighted by molar-refractivity contribution is 9.10. The maximum Gasteiger partial charge on any atom is 0.259 e. The summed E-state index contributed by atoms with van der Waals surface area (Å²) >= 11 is 10.8. The van der Waals surface area contributed by atoms with Crippen molar-refractivity contribution in [1.82, 2.24) is 15.2 Å². The molecule has 31 heavy (non-hydrogen) atoms. The molecule has 2 heterocycles. The third-order valence-electron chi connectivity index (χ3n) is 7.35. The van der Waals surface area contributed by atoms with Crippen LogP contribution in [0.5, 0.6) is 0 Å². The Hall–Kier alpha value is -1.35. The Morgan fingerprint density at radius 2 is 2.10 bits per heavy atom. The van der Waals surface area contributed by atoms with Crippen molar-refractivity contribution in [1.29, 1.82) is 0 Å². The molecule has 1 N–H and O–H groups in total. The van der Waals surface area contributed by atoms with Gasteiger partial charge in [0.2, 0.25) is 0 Å². The van der Waals surface area contributed by atoms with Crippen LogP contribution in [-0.2, 0) is 21.5 Å². The fraction of sp³-hybridized carbons (Fsp3) is 0.522. The van der Waals surface area contributed by atoms with Crippen molar-refractivity contribution in [2.24, 2.45) is 5.41 Å². The molecule has 0 radical (unpaired) electrons. The number of carbonyl (C=O) groups is 1. The summed E-state index contributed by atoms with van der Waals surface area (Å²) in [7, 11) is 1.79. The number of fused-ring (bicyclic) bond motifs is 3. The number of ether oxygens (including phenoxy) is 1. The van der Waals surface area contributed by atoms with E-state index in [-0.39, 0.29) is 23.5 Å². The predicted octanol–water partition coefficient (Wildman–Crippen LogP) is 5.02. The molecule has 1 aliphatic heterocycles. The zero-order chi connectivity index (χ0) is 22.0. The third-order valence-corrected chi connectivity index (χ3v) is 9.25. The van der Waals surface area contributed by atoms with Gasteiger partial charge in [0.15, 0.2) is 10.7 Å². The molecule has 2 aliphatic carbocycles. The number of rotatable bonds is 3. The van der Waals surface area contributed by atoms with Crippen LogP contribution in [0.15, 0.2) is 28.2 Å². The number of halogens is 1. The van der Waals surface area contributed by atoms with Crippen LogP contribution < -0.4 is 5.32 Å². The Balaban J connectivity index is 1.67. The van der Waals surface area contributed by atoms with E-state index >= 15 is 0 Å². The molecular weight excluding hydrogens is 494 g/mol. The third kappa shape index (κ3) is 3.05. The molecule has 164 valence electrons. The van der Waals surface area contributed by atoms with Crippen LogP contribution in [0, 0.1) is 5.41 Å². The summed E-state index contributed by atoms with van der Waals surface area (Å²) in [5.41, 5.74) is 2.34. The van der Waals surface area contributed by atoms with Gasteiger partial charge in [-0.05, 0) is 91.3 Å². The summed E-state index contributed by atoms with van der Waals surface area (Å²) < 4.78 is 6.49. The fourth-order valence-corrected chi connectivity index (χ4v) is 7.57. The highest BCUT2D eigenvalue weighted by Gasteiger charge is 2.67. The first kappa shape index (κ1) is 21.5. The van der Waals surface area contributed by atoms with Gasteiger partial charge in [-0.3, -0.25) is 9.69 Å². The van der Waals surface area contributed by atoms with Crippen LogP contribution in [0.1, 0.15) is 50.7 Å². The molecule has 2 aromatic rings. The van der Waals surface area contributed by atoms with Gasteiger partial charge < -0.3 is 10.1 Å². The molecule has 5 rings (SSSR count). The average molecular weight is 521 g/mol. The molecule has 5 nitrogen and oxygen atoms in total. The Morgan fingerprint density at radius 3 is 2.68 bits per heavy atom. The molecule has 1 saturated heterocycles. The van der Waals surface area contributed by atoms with Crippen molar-refractivity contribution >= 4 is 50.5 Å². The van der Waals surface area contributed by atoms with E-state index in [0.29, 0.717) is 5.11 Å². The number of thiazole rings is 1. The highest BCUT2D eigenvalue weighted by atomic mass is 79.9. The van der Waals surface area contributed by atoms with Gasteiger partial charge in [-0.2, -0.15) is 0 Å². The van der Waals surface area contributed by atoms with Crippen LogP contribution in [0.25, 0.3) is 10.6 Å². The van der Waals surface area contributed by atoms with Gasteiger partial charge in [0.05, 0.1) is 6.10 Å². The average Bonchev–Trinajstić information content (AvgIpc) is 3.37. The molecular formula is C23H26BrN3O2S2. The molecule has 3 aliphatic rings. The summed E-state index contributed by atoms with van der Waals surface area (Å²) in [6, 6.07) is 6.51. The maximum atomic E-state index is 14.1. The van der Waals surface area contributed by atoms with Crippen LogP contribution in [0.2, 0.25) is 0 Å². The fourth-order valence-electron chi connectivity index (χ4n) is 5.87. The number of hydrogen-bond donors (Lipinski definition) is 1. The minimum atomic E-state index is -0.813. The number of aromatic nitrogens is 1. The summed E-state index contributed by atoms with van der Waals surface area (Å²) in [4.78, 5) is 20.5. The molecule has 1 aromatic carbocycles. The minimum Gasteiger partial charge on any atom is -0.381 e. The lowest BCUT2D eigenvalue weighted by Crippen LogP contribution is -2.57. The first-order chi connectivity index (χ1) is 14.8. The van der Waals surface area contributed by atoms with Gasteiger partial charge in [-0.25, -0.2) is 4.98 Å². The molecule has 1 unspecified atom stereocenters. The quantitative estimate of drug-likeness (QED) is 0.576. The van der Waals surface area contributed by atoms with Crippen molar-refractivity contribution in [3.05, 3.63) is 39.3 Å². The largest absolute Gasteiger partial charge is 0.381 e. The van der Waals surface area contributed by atoms with Crippen LogP contribution >= 0.6 is 39.5 Å². The predicted molar refractivity (Wildman–Crippen MR) is 130 cm³/mol. The van der Waals surface area contributed by atoms with E-state index in [1.54, 1.807) is 23.3 Å². The van der Waals surface area contributed by atoms with E-state index in [0.717, 1.165) is 52.8 Å². The number of amides is 1.